The first kappa shape index (κ1) is 34.3. The first-order chi connectivity index (χ1) is 29.5. The Morgan fingerprint density at radius 2 is 0.967 bits per heavy atom. The molecule has 0 bridgehead atoms. The van der Waals surface area contributed by atoms with Crippen LogP contribution in [-0.4, -0.2) is 19.9 Å². The van der Waals surface area contributed by atoms with Crippen LogP contribution in [0.25, 0.3) is 111 Å². The molecule has 5 heteroatoms. The number of hydrogen-bond donors (Lipinski definition) is 0. The van der Waals surface area contributed by atoms with Gasteiger partial charge >= 0.3 is 0 Å². The lowest BCUT2D eigenvalue weighted by atomic mass is 9.82. The fraction of sp³-hybridized carbons (Fsp3) is 0.0545. The Hall–Kier alpha value is -7.76. The molecule has 0 amide bonds. The van der Waals surface area contributed by atoms with Crippen LogP contribution in [0.2, 0.25) is 0 Å². The number of hydrogen-bond acceptors (Lipinski definition) is 5. The number of nitrogens with zero attached hydrogens (tertiary/aromatic N) is 4. The summed E-state index contributed by atoms with van der Waals surface area (Å²) >= 11 is 0. The third-order valence-electron chi connectivity index (χ3n) is 12.4. The van der Waals surface area contributed by atoms with Gasteiger partial charge in [0.15, 0.2) is 23.1 Å². The predicted octanol–water partition coefficient (Wildman–Crippen LogP) is 14.1. The average Bonchev–Trinajstić information content (AvgIpc) is 3.86. The van der Waals surface area contributed by atoms with Crippen molar-refractivity contribution in [1.29, 1.82) is 0 Å². The van der Waals surface area contributed by atoms with Crippen molar-refractivity contribution in [3.8, 4) is 67.9 Å². The molecule has 0 N–H and O–H groups in total. The number of benzene rings is 9. The molecule has 2 heterocycles. The topological polar surface area (TPSA) is 64.7 Å². The Bertz CT molecular complexity index is 3510. The minimum absolute atomic E-state index is 0.147. The summed E-state index contributed by atoms with van der Waals surface area (Å²) in [5, 5.41) is 6.64. The summed E-state index contributed by atoms with van der Waals surface area (Å²) in [5.74, 6) is 2.54. The molecule has 9 aromatic carbocycles. The highest BCUT2D eigenvalue weighted by atomic mass is 16.3. The van der Waals surface area contributed by atoms with Gasteiger partial charge in [0.25, 0.3) is 0 Å². The maximum Gasteiger partial charge on any atom is 0.227 e. The Morgan fingerprint density at radius 1 is 0.367 bits per heavy atom. The molecule has 60 heavy (non-hydrogen) atoms. The molecular weight excluding hydrogens is 733 g/mol. The van der Waals surface area contributed by atoms with E-state index in [-0.39, 0.29) is 5.41 Å². The summed E-state index contributed by atoms with van der Waals surface area (Å²) in [7, 11) is 0. The minimum Gasteiger partial charge on any atom is -0.435 e. The highest BCUT2D eigenvalue weighted by Gasteiger charge is 2.35. The van der Waals surface area contributed by atoms with Crippen molar-refractivity contribution in [1.82, 2.24) is 19.9 Å². The lowest BCUT2D eigenvalue weighted by Crippen LogP contribution is -2.15. The molecule has 0 aliphatic heterocycles. The molecule has 0 saturated heterocycles. The van der Waals surface area contributed by atoms with Gasteiger partial charge in [-0.2, -0.15) is 0 Å². The molecule has 12 rings (SSSR count). The summed E-state index contributed by atoms with van der Waals surface area (Å²) in [6.45, 7) is 4.61. The van der Waals surface area contributed by atoms with E-state index in [0.717, 1.165) is 76.8 Å². The molecule has 0 fully saturated rings. The van der Waals surface area contributed by atoms with Crippen molar-refractivity contribution in [3.63, 3.8) is 0 Å². The third-order valence-corrected chi connectivity index (χ3v) is 12.4. The highest BCUT2D eigenvalue weighted by molar-refractivity contribution is 6.23. The second kappa shape index (κ2) is 13.1. The molecule has 1 aliphatic rings. The summed E-state index contributed by atoms with van der Waals surface area (Å²) < 4.78 is 6.51. The van der Waals surface area contributed by atoms with Gasteiger partial charge in [0.05, 0.1) is 0 Å². The Labute approximate surface area is 346 Å². The van der Waals surface area contributed by atoms with Crippen molar-refractivity contribution >= 4 is 43.4 Å². The van der Waals surface area contributed by atoms with E-state index in [1.807, 2.05) is 30.3 Å². The van der Waals surface area contributed by atoms with Crippen LogP contribution in [-0.2, 0) is 5.41 Å². The van der Waals surface area contributed by atoms with Gasteiger partial charge in [0.2, 0.25) is 5.89 Å². The molecule has 1 aliphatic carbocycles. The standard InChI is InChI=1S/C55H36N4O/c1-55(2)47-22-11-10-19-42(47)43-30-28-38(32-48(43)55)52-57-51(58-53(59-52)45-21-12-16-34-13-6-7-17-39(34)45)35-25-23-33(24-26-35)37-27-29-41-40-18-8-9-20-44(40)50-49(46(41)31-37)56-54(60-50)36-14-4-3-5-15-36/h3-32H,1-2H3. The van der Waals surface area contributed by atoms with Crippen LogP contribution in [0, 0.1) is 0 Å². The van der Waals surface area contributed by atoms with Gasteiger partial charge in [0, 0.05) is 38.4 Å². The van der Waals surface area contributed by atoms with E-state index in [9.17, 15) is 0 Å². The predicted molar refractivity (Wildman–Crippen MR) is 245 cm³/mol. The van der Waals surface area contributed by atoms with Crippen molar-refractivity contribution in [2.45, 2.75) is 19.3 Å². The Morgan fingerprint density at radius 3 is 1.82 bits per heavy atom. The second-order valence-corrected chi connectivity index (χ2v) is 16.2. The molecule has 5 nitrogen and oxygen atoms in total. The summed E-state index contributed by atoms with van der Waals surface area (Å²) in [6.07, 6.45) is 0. The normalized spacial score (nSPS) is 13.0. The highest BCUT2D eigenvalue weighted by Crippen LogP contribution is 2.49. The zero-order chi connectivity index (χ0) is 40.0. The van der Waals surface area contributed by atoms with E-state index in [1.54, 1.807) is 0 Å². The van der Waals surface area contributed by atoms with Gasteiger partial charge in [0.1, 0.15) is 5.52 Å². The Kier molecular flexibility index (Phi) is 7.51. The second-order valence-electron chi connectivity index (χ2n) is 16.2. The van der Waals surface area contributed by atoms with E-state index in [1.165, 1.54) is 22.3 Å². The van der Waals surface area contributed by atoms with Crippen LogP contribution in [0.3, 0.4) is 0 Å². The van der Waals surface area contributed by atoms with E-state index < -0.39 is 0 Å². The summed E-state index contributed by atoms with van der Waals surface area (Å²) in [6, 6.07) is 63.8. The monoisotopic (exact) mass is 768 g/mol. The smallest absolute Gasteiger partial charge is 0.227 e. The number of aromatic nitrogens is 4. The molecule has 0 spiro atoms. The summed E-state index contributed by atoms with van der Waals surface area (Å²) in [5.41, 5.74) is 12.7. The molecule has 0 radical (unpaired) electrons. The van der Waals surface area contributed by atoms with E-state index in [2.05, 4.69) is 166 Å². The quantitative estimate of drug-likeness (QED) is 0.163. The van der Waals surface area contributed by atoms with Crippen LogP contribution in [0.15, 0.2) is 186 Å². The first-order valence-corrected chi connectivity index (χ1v) is 20.4. The van der Waals surface area contributed by atoms with Gasteiger partial charge < -0.3 is 4.42 Å². The van der Waals surface area contributed by atoms with Crippen LogP contribution in [0.1, 0.15) is 25.0 Å². The largest absolute Gasteiger partial charge is 0.435 e. The zero-order valence-corrected chi connectivity index (χ0v) is 33.0. The van der Waals surface area contributed by atoms with Gasteiger partial charge in [-0.15, -0.1) is 0 Å². The van der Waals surface area contributed by atoms with Gasteiger partial charge in [-0.3, -0.25) is 0 Å². The fourth-order valence-corrected chi connectivity index (χ4v) is 9.29. The lowest BCUT2D eigenvalue weighted by molar-refractivity contribution is 0.623. The van der Waals surface area contributed by atoms with Crippen LogP contribution in [0.4, 0.5) is 0 Å². The number of rotatable bonds is 5. The first-order valence-electron chi connectivity index (χ1n) is 20.4. The number of fused-ring (bicyclic) bond motifs is 10. The van der Waals surface area contributed by atoms with Crippen molar-refractivity contribution in [2.75, 3.05) is 0 Å². The molecular formula is C55H36N4O. The molecule has 0 atom stereocenters. The SMILES string of the molecule is CC1(C)c2ccccc2-c2ccc(-c3nc(-c4ccc(-c5ccc6c7ccccc7c7oc(-c8ccccc8)nc7c6c5)cc4)nc(-c4cccc5ccccc45)n3)cc21. The molecule has 0 unspecified atom stereocenters. The van der Waals surface area contributed by atoms with Gasteiger partial charge in [-0.05, 0) is 79.2 Å². The van der Waals surface area contributed by atoms with Crippen molar-refractivity contribution in [3.05, 3.63) is 193 Å². The molecule has 282 valence electrons. The lowest BCUT2D eigenvalue weighted by Gasteiger charge is -2.21. The third kappa shape index (κ3) is 5.33. The van der Waals surface area contributed by atoms with Crippen molar-refractivity contribution < 1.29 is 4.42 Å². The summed E-state index contributed by atoms with van der Waals surface area (Å²) in [4.78, 5) is 20.7. The van der Waals surface area contributed by atoms with E-state index >= 15 is 0 Å². The maximum atomic E-state index is 6.51. The average molecular weight is 769 g/mol. The molecule has 2 aromatic heterocycles. The molecule has 0 saturated carbocycles. The fourth-order valence-electron chi connectivity index (χ4n) is 9.29. The molecule has 11 aromatic rings. The van der Waals surface area contributed by atoms with Gasteiger partial charge in [-0.25, -0.2) is 19.9 Å². The zero-order valence-electron chi connectivity index (χ0n) is 33.0. The van der Waals surface area contributed by atoms with E-state index in [4.69, 9.17) is 24.4 Å². The Balaban J connectivity index is 0.983. The number of oxazole rings is 1. The van der Waals surface area contributed by atoms with Crippen molar-refractivity contribution in [2.24, 2.45) is 0 Å². The van der Waals surface area contributed by atoms with E-state index in [0.29, 0.717) is 23.4 Å². The van der Waals surface area contributed by atoms with Gasteiger partial charge in [-0.1, -0.05) is 172 Å². The maximum absolute atomic E-state index is 6.51. The van der Waals surface area contributed by atoms with Crippen LogP contribution in [0.5, 0.6) is 0 Å². The van der Waals surface area contributed by atoms with Crippen LogP contribution >= 0.6 is 0 Å². The minimum atomic E-state index is -0.147. The van der Waals surface area contributed by atoms with Crippen LogP contribution < -0.4 is 0 Å².